The van der Waals surface area contributed by atoms with Gasteiger partial charge in [0.05, 0.1) is 12.2 Å². The number of nitrogens with one attached hydrogen (secondary N) is 1. The van der Waals surface area contributed by atoms with Gasteiger partial charge in [-0.15, -0.1) is 0 Å². The first kappa shape index (κ1) is 13.2. The number of pyridine rings is 1. The molecular formula is C18H22N2O. The summed E-state index contributed by atoms with van der Waals surface area (Å²) in [6.45, 7) is 3.17. The van der Waals surface area contributed by atoms with E-state index in [1.807, 2.05) is 12.4 Å². The highest BCUT2D eigenvalue weighted by Gasteiger charge is 2.44. The molecule has 0 amide bonds. The van der Waals surface area contributed by atoms with Gasteiger partial charge in [0, 0.05) is 29.7 Å². The van der Waals surface area contributed by atoms with E-state index in [4.69, 9.17) is 4.74 Å². The Morgan fingerprint density at radius 2 is 2.29 bits per heavy atom. The number of hydrogen-bond acceptors (Lipinski definition) is 3. The van der Waals surface area contributed by atoms with Crippen molar-refractivity contribution in [3.63, 3.8) is 0 Å². The predicted molar refractivity (Wildman–Crippen MR) is 84.2 cm³/mol. The van der Waals surface area contributed by atoms with Crippen molar-refractivity contribution in [2.45, 2.75) is 44.4 Å². The molecule has 2 fully saturated rings. The van der Waals surface area contributed by atoms with Crippen molar-refractivity contribution in [3.05, 3.63) is 42.2 Å². The molecule has 2 saturated heterocycles. The molecule has 110 valence electrons. The van der Waals surface area contributed by atoms with Gasteiger partial charge in [-0.3, -0.25) is 4.98 Å². The summed E-state index contributed by atoms with van der Waals surface area (Å²) in [6.07, 6.45) is 8.47. The summed E-state index contributed by atoms with van der Waals surface area (Å²) in [5.41, 5.74) is 1.38. The Balaban J connectivity index is 1.76. The van der Waals surface area contributed by atoms with Crippen molar-refractivity contribution >= 4 is 10.8 Å². The average molecular weight is 282 g/mol. The molecule has 3 heteroatoms. The molecule has 3 nitrogen and oxygen atoms in total. The zero-order valence-corrected chi connectivity index (χ0v) is 12.5. The van der Waals surface area contributed by atoms with E-state index >= 15 is 0 Å². The number of ether oxygens (including phenoxy) is 1. The molecule has 1 N–H and O–H groups in total. The zero-order chi connectivity index (χ0) is 14.2. The van der Waals surface area contributed by atoms with E-state index in [1.54, 1.807) is 0 Å². The predicted octanol–water partition coefficient (Wildman–Crippen LogP) is 3.45. The maximum Gasteiger partial charge on any atom is 0.0627 e. The normalized spacial score (nSPS) is 29.1. The number of nitrogens with zero attached hydrogens (tertiary/aromatic N) is 1. The van der Waals surface area contributed by atoms with Crippen molar-refractivity contribution in [3.8, 4) is 0 Å². The third-order valence-corrected chi connectivity index (χ3v) is 5.06. The Bertz CT molecular complexity index is 637. The number of hydrogen-bond donors (Lipinski definition) is 1. The molecule has 0 saturated carbocycles. The fourth-order valence-corrected chi connectivity index (χ4v) is 4.15. The van der Waals surface area contributed by atoms with E-state index in [9.17, 15) is 0 Å². The minimum atomic E-state index is 0.373. The lowest BCUT2D eigenvalue weighted by atomic mass is 9.80. The van der Waals surface area contributed by atoms with Crippen LogP contribution in [0.4, 0.5) is 0 Å². The lowest BCUT2D eigenvalue weighted by Crippen LogP contribution is -2.33. The summed E-state index contributed by atoms with van der Waals surface area (Å²) in [5.74, 6) is 0.592. The van der Waals surface area contributed by atoms with Gasteiger partial charge in [0.15, 0.2) is 0 Å². The molecule has 4 unspecified atom stereocenters. The first-order valence-electron chi connectivity index (χ1n) is 8.08. The Labute approximate surface area is 125 Å². The molecule has 21 heavy (non-hydrogen) atoms. The van der Waals surface area contributed by atoms with Gasteiger partial charge in [-0.1, -0.05) is 25.1 Å². The Morgan fingerprint density at radius 1 is 1.33 bits per heavy atom. The van der Waals surface area contributed by atoms with Crippen molar-refractivity contribution < 1.29 is 4.74 Å². The molecule has 1 aromatic carbocycles. The SMILES string of the molecule is CCNC(c1cccc2ccncc12)C1CC2CCC1O2. The van der Waals surface area contributed by atoms with Crippen LogP contribution in [0.25, 0.3) is 10.8 Å². The highest BCUT2D eigenvalue weighted by atomic mass is 16.5. The van der Waals surface area contributed by atoms with Crippen LogP contribution in [0.15, 0.2) is 36.7 Å². The summed E-state index contributed by atoms with van der Waals surface area (Å²) in [7, 11) is 0. The number of aromatic nitrogens is 1. The van der Waals surface area contributed by atoms with Gasteiger partial charge < -0.3 is 10.1 Å². The van der Waals surface area contributed by atoms with E-state index < -0.39 is 0 Å². The minimum Gasteiger partial charge on any atom is -0.375 e. The molecule has 2 aliphatic rings. The van der Waals surface area contributed by atoms with Crippen LogP contribution in [0.1, 0.15) is 37.8 Å². The lowest BCUT2D eigenvalue weighted by Gasteiger charge is -2.30. The van der Waals surface area contributed by atoms with Gasteiger partial charge >= 0.3 is 0 Å². The van der Waals surface area contributed by atoms with Gasteiger partial charge in [-0.25, -0.2) is 0 Å². The highest BCUT2D eigenvalue weighted by molar-refractivity contribution is 5.85. The van der Waals surface area contributed by atoms with Gasteiger partial charge in [-0.05, 0) is 42.8 Å². The second-order valence-corrected chi connectivity index (χ2v) is 6.25. The van der Waals surface area contributed by atoms with Crippen LogP contribution >= 0.6 is 0 Å². The van der Waals surface area contributed by atoms with Gasteiger partial charge in [0.1, 0.15) is 0 Å². The maximum atomic E-state index is 6.09. The molecule has 3 heterocycles. The maximum absolute atomic E-state index is 6.09. The number of fused-ring (bicyclic) bond motifs is 3. The first-order chi connectivity index (χ1) is 10.4. The summed E-state index contributed by atoms with van der Waals surface area (Å²) in [4.78, 5) is 4.33. The largest absolute Gasteiger partial charge is 0.375 e. The molecule has 4 atom stereocenters. The number of rotatable bonds is 4. The first-order valence-corrected chi connectivity index (χ1v) is 8.08. The Kier molecular flexibility index (Phi) is 3.40. The van der Waals surface area contributed by atoms with Crippen LogP contribution in [0.2, 0.25) is 0 Å². The van der Waals surface area contributed by atoms with Crippen molar-refractivity contribution in [1.82, 2.24) is 10.3 Å². The van der Waals surface area contributed by atoms with Crippen molar-refractivity contribution in [2.24, 2.45) is 5.92 Å². The van der Waals surface area contributed by atoms with Crippen molar-refractivity contribution in [2.75, 3.05) is 6.54 Å². The molecule has 1 aromatic heterocycles. The fourth-order valence-electron chi connectivity index (χ4n) is 4.15. The van der Waals surface area contributed by atoms with Crippen LogP contribution in [-0.4, -0.2) is 23.7 Å². The van der Waals surface area contributed by atoms with Gasteiger partial charge in [-0.2, -0.15) is 0 Å². The van der Waals surface area contributed by atoms with Crippen LogP contribution in [0.3, 0.4) is 0 Å². The summed E-state index contributed by atoms with van der Waals surface area (Å²) < 4.78 is 6.09. The van der Waals surface area contributed by atoms with E-state index in [-0.39, 0.29) is 0 Å². The van der Waals surface area contributed by atoms with Crippen molar-refractivity contribution in [1.29, 1.82) is 0 Å². The second kappa shape index (κ2) is 5.39. The average Bonchev–Trinajstić information content (AvgIpc) is 3.15. The van der Waals surface area contributed by atoms with Crippen LogP contribution in [0.5, 0.6) is 0 Å². The monoisotopic (exact) mass is 282 g/mol. The summed E-state index contributed by atoms with van der Waals surface area (Å²) in [5, 5.41) is 6.25. The molecule has 0 aliphatic carbocycles. The standard InChI is InChI=1S/C18H22N2O/c1-2-20-18(15-10-13-6-7-17(15)21-13)14-5-3-4-12-8-9-19-11-16(12)14/h3-5,8-9,11,13,15,17-18,20H,2,6-7,10H2,1H3. The van der Waals surface area contributed by atoms with E-state index in [0.717, 1.165) is 6.54 Å². The van der Waals surface area contributed by atoms with E-state index in [0.29, 0.717) is 24.2 Å². The topological polar surface area (TPSA) is 34.2 Å². The van der Waals surface area contributed by atoms with Gasteiger partial charge in [0.25, 0.3) is 0 Å². The van der Waals surface area contributed by atoms with Crippen LogP contribution < -0.4 is 5.32 Å². The molecule has 0 radical (unpaired) electrons. The van der Waals surface area contributed by atoms with E-state index in [2.05, 4.69) is 41.5 Å². The third kappa shape index (κ3) is 2.25. The number of benzene rings is 1. The fraction of sp³-hybridized carbons (Fsp3) is 0.500. The Hall–Kier alpha value is -1.45. The van der Waals surface area contributed by atoms with E-state index in [1.165, 1.54) is 35.6 Å². The molecule has 4 rings (SSSR count). The molecular weight excluding hydrogens is 260 g/mol. The smallest absolute Gasteiger partial charge is 0.0627 e. The quantitative estimate of drug-likeness (QED) is 0.932. The van der Waals surface area contributed by atoms with Gasteiger partial charge in [0.2, 0.25) is 0 Å². The summed E-state index contributed by atoms with van der Waals surface area (Å²) in [6, 6.07) is 9.05. The third-order valence-electron chi connectivity index (χ3n) is 5.06. The molecule has 2 aliphatic heterocycles. The minimum absolute atomic E-state index is 0.373. The lowest BCUT2D eigenvalue weighted by molar-refractivity contribution is 0.0859. The van der Waals surface area contributed by atoms with Crippen LogP contribution in [-0.2, 0) is 4.74 Å². The van der Waals surface area contributed by atoms with Crippen LogP contribution in [0, 0.1) is 5.92 Å². The second-order valence-electron chi connectivity index (χ2n) is 6.25. The zero-order valence-electron chi connectivity index (χ0n) is 12.5. The Morgan fingerprint density at radius 3 is 3.05 bits per heavy atom. The molecule has 0 spiro atoms. The molecule has 2 aromatic rings. The molecule has 2 bridgehead atoms. The highest BCUT2D eigenvalue weighted by Crippen LogP contribution is 2.45. The summed E-state index contributed by atoms with van der Waals surface area (Å²) >= 11 is 0.